The molecule has 2 N–H and O–H groups in total. The van der Waals surface area contributed by atoms with Crippen LogP contribution in [0.25, 0.3) is 22.4 Å². The summed E-state index contributed by atoms with van der Waals surface area (Å²) < 4.78 is 0. The first-order valence-corrected chi connectivity index (χ1v) is 7.12. The predicted octanol–water partition coefficient (Wildman–Crippen LogP) is 4.31. The van der Waals surface area contributed by atoms with Crippen LogP contribution in [0.1, 0.15) is 5.69 Å². The number of H-pyrrole nitrogens is 2. The summed E-state index contributed by atoms with van der Waals surface area (Å²) in [5.41, 5.74) is 4.83. The third-order valence-electron chi connectivity index (χ3n) is 3.51. The van der Waals surface area contributed by atoms with E-state index in [1.54, 1.807) is 0 Å². The van der Waals surface area contributed by atoms with Gasteiger partial charge in [-0.2, -0.15) is 0 Å². The third kappa shape index (κ3) is 3.11. The molecule has 2 aromatic heterocycles. The van der Waals surface area contributed by atoms with Crippen molar-refractivity contribution in [3.63, 3.8) is 0 Å². The Kier molecular flexibility index (Phi) is 4.42. The first-order chi connectivity index (χ1) is 10.9. The smallest absolute Gasteiger partial charge is 0.140 e. The van der Waals surface area contributed by atoms with Crippen molar-refractivity contribution in [1.29, 1.82) is 0 Å². The third-order valence-corrected chi connectivity index (χ3v) is 3.51. The average Bonchev–Trinajstić information content (AvgIpc) is 3.22. The van der Waals surface area contributed by atoms with Gasteiger partial charge in [-0.05, 0) is 36.4 Å². The molecule has 4 aromatic rings. The predicted molar refractivity (Wildman–Crippen MR) is 89.6 cm³/mol. The number of aromatic nitrogens is 3. The van der Waals surface area contributed by atoms with Crippen LogP contribution in [0.5, 0.6) is 0 Å². The van der Waals surface area contributed by atoms with E-state index >= 15 is 0 Å². The molecule has 0 unspecified atom stereocenters. The fourth-order valence-electron chi connectivity index (χ4n) is 2.43. The molecule has 2 aromatic carbocycles. The zero-order valence-electron chi connectivity index (χ0n) is 12.1. The summed E-state index contributed by atoms with van der Waals surface area (Å²) in [5, 5.41) is 0. The zero-order valence-corrected chi connectivity index (χ0v) is 13.1. The quantitative estimate of drug-likeness (QED) is 0.420. The molecular weight excluding hydrogens is 336 g/mol. The van der Waals surface area contributed by atoms with Gasteiger partial charge in [0.05, 0.1) is 28.6 Å². The summed E-state index contributed by atoms with van der Waals surface area (Å²) in [7, 11) is 0. The summed E-state index contributed by atoms with van der Waals surface area (Å²) in [6.07, 6.45) is 3.70. The summed E-state index contributed by atoms with van der Waals surface area (Å²) >= 11 is 0. The monoisotopic (exact) mass is 349 g/mol. The molecule has 2 heterocycles. The van der Waals surface area contributed by atoms with Gasteiger partial charge in [0.1, 0.15) is 5.82 Å². The zero-order chi connectivity index (χ0) is 14.8. The number of hydrogen-bond acceptors (Lipinski definition) is 2. The Bertz CT molecular complexity index is 905. The van der Waals surface area contributed by atoms with Crippen molar-refractivity contribution < 1.29 is 17.1 Å². The minimum atomic E-state index is 0. The molecule has 0 bridgehead atoms. The van der Waals surface area contributed by atoms with Gasteiger partial charge in [0.2, 0.25) is 0 Å². The number of para-hydroxylation sites is 3. The number of nitrogens with zero attached hydrogens (tertiary/aromatic N) is 2. The van der Waals surface area contributed by atoms with Crippen LogP contribution in [0.15, 0.2) is 71.9 Å². The Labute approximate surface area is 144 Å². The number of fused-ring (bicyclic) bond motifs is 1. The number of rotatable bonds is 3. The molecule has 0 aliphatic rings. The number of nitrogens with one attached hydrogen (secondary N) is 2. The molecule has 5 heteroatoms. The summed E-state index contributed by atoms with van der Waals surface area (Å²) in [4.78, 5) is 15.7. The van der Waals surface area contributed by atoms with E-state index in [-0.39, 0.29) is 17.1 Å². The summed E-state index contributed by atoms with van der Waals surface area (Å²) in [6, 6.07) is 19.9. The van der Waals surface area contributed by atoms with Gasteiger partial charge in [0.25, 0.3) is 0 Å². The van der Waals surface area contributed by atoms with Crippen LogP contribution >= 0.6 is 0 Å². The van der Waals surface area contributed by atoms with Crippen LogP contribution in [-0.4, -0.2) is 21.2 Å². The standard InChI is InChI=1S/C18H14N4.Cu/c1-2-8-15(20-12-13-6-5-11-19-13)14(7-1)18-21-16-9-3-4-10-17(16)22-18;/h1-12,19H,(H,21,22);. The molecule has 4 nitrogen and oxygen atoms in total. The number of hydrogen-bond donors (Lipinski definition) is 2. The maximum Gasteiger partial charge on any atom is 0.140 e. The van der Waals surface area contributed by atoms with Crippen LogP contribution in [0.2, 0.25) is 0 Å². The topological polar surface area (TPSA) is 56.8 Å². The maximum atomic E-state index is 4.65. The van der Waals surface area contributed by atoms with Gasteiger partial charge in [-0.3, -0.25) is 4.99 Å². The molecule has 23 heavy (non-hydrogen) atoms. The number of aromatic amines is 2. The van der Waals surface area contributed by atoms with E-state index in [4.69, 9.17) is 0 Å². The van der Waals surface area contributed by atoms with Crippen molar-refractivity contribution >= 4 is 22.9 Å². The molecule has 0 spiro atoms. The first-order valence-electron chi connectivity index (χ1n) is 7.12. The van der Waals surface area contributed by atoms with Gasteiger partial charge in [0.15, 0.2) is 0 Å². The fourth-order valence-corrected chi connectivity index (χ4v) is 2.43. The fraction of sp³-hybridized carbons (Fsp3) is 0. The molecule has 0 fully saturated rings. The van der Waals surface area contributed by atoms with Gasteiger partial charge in [-0.15, -0.1) is 0 Å². The van der Waals surface area contributed by atoms with E-state index in [1.807, 2.05) is 73.1 Å². The van der Waals surface area contributed by atoms with E-state index < -0.39 is 0 Å². The second-order valence-electron chi connectivity index (χ2n) is 5.00. The van der Waals surface area contributed by atoms with Gasteiger partial charge in [0, 0.05) is 28.8 Å². The van der Waals surface area contributed by atoms with Crippen LogP contribution in [-0.2, 0) is 17.1 Å². The van der Waals surface area contributed by atoms with Crippen molar-refractivity contribution in [2.75, 3.05) is 0 Å². The van der Waals surface area contributed by atoms with Gasteiger partial charge in [-0.1, -0.05) is 24.3 Å². The Balaban J connectivity index is 0.00000156. The Morgan fingerprint density at radius 3 is 2.57 bits per heavy atom. The minimum absolute atomic E-state index is 0. The van der Waals surface area contributed by atoms with Crippen molar-refractivity contribution in [3.05, 3.63) is 72.6 Å². The number of imidazole rings is 1. The molecule has 0 saturated heterocycles. The van der Waals surface area contributed by atoms with E-state index in [2.05, 4.69) is 19.9 Å². The number of benzene rings is 2. The maximum absolute atomic E-state index is 4.65. The first kappa shape index (κ1) is 15.3. The van der Waals surface area contributed by atoms with Gasteiger partial charge >= 0.3 is 0 Å². The normalized spacial score (nSPS) is 11.0. The second kappa shape index (κ2) is 6.65. The van der Waals surface area contributed by atoms with Crippen LogP contribution in [0.4, 0.5) is 5.69 Å². The average molecular weight is 350 g/mol. The molecule has 4 rings (SSSR count). The van der Waals surface area contributed by atoms with Gasteiger partial charge < -0.3 is 9.97 Å². The SMILES string of the molecule is C(=Nc1ccccc1-c1nc2ccccc2[nH]1)c1ccc[nH]1.[Cu]. The largest absolute Gasteiger partial charge is 0.360 e. The summed E-state index contributed by atoms with van der Waals surface area (Å²) in [5.74, 6) is 0.834. The Morgan fingerprint density at radius 2 is 1.74 bits per heavy atom. The molecule has 0 atom stereocenters. The van der Waals surface area contributed by atoms with Crippen molar-refractivity contribution in [2.24, 2.45) is 4.99 Å². The molecule has 0 amide bonds. The van der Waals surface area contributed by atoms with Crippen LogP contribution < -0.4 is 0 Å². The number of aliphatic imine (C=N–C) groups is 1. The van der Waals surface area contributed by atoms with Gasteiger partial charge in [-0.25, -0.2) is 4.98 Å². The second-order valence-corrected chi connectivity index (χ2v) is 5.00. The van der Waals surface area contributed by atoms with Crippen molar-refractivity contribution in [3.8, 4) is 11.4 Å². The Hall–Kier alpha value is -2.62. The van der Waals surface area contributed by atoms with Crippen molar-refractivity contribution in [2.45, 2.75) is 0 Å². The molecule has 1 radical (unpaired) electrons. The van der Waals surface area contributed by atoms with Crippen LogP contribution in [0.3, 0.4) is 0 Å². The Morgan fingerprint density at radius 1 is 0.913 bits per heavy atom. The van der Waals surface area contributed by atoms with E-state index in [9.17, 15) is 0 Å². The molecule has 0 saturated carbocycles. The molecule has 117 valence electrons. The van der Waals surface area contributed by atoms with E-state index in [0.717, 1.165) is 33.8 Å². The molecule has 0 aliphatic carbocycles. The molecular formula is C18H14CuN4. The van der Waals surface area contributed by atoms with Crippen molar-refractivity contribution in [1.82, 2.24) is 15.0 Å². The molecule has 0 aliphatic heterocycles. The minimum Gasteiger partial charge on any atom is -0.360 e. The van der Waals surface area contributed by atoms with Crippen LogP contribution in [0, 0.1) is 0 Å². The van der Waals surface area contributed by atoms with E-state index in [1.165, 1.54) is 0 Å². The summed E-state index contributed by atoms with van der Waals surface area (Å²) in [6.45, 7) is 0. The van der Waals surface area contributed by atoms with E-state index in [0.29, 0.717) is 0 Å².